The molecule has 0 bridgehead atoms. The van der Waals surface area contributed by atoms with E-state index in [1.165, 1.54) is 17.7 Å². The molecule has 1 N–H and O–H groups in total. The molecule has 70 valence electrons. The van der Waals surface area contributed by atoms with Crippen LogP contribution in [0.3, 0.4) is 0 Å². The first-order chi connectivity index (χ1) is 5.70. The molecule has 12 heavy (non-hydrogen) atoms. The minimum atomic E-state index is -0.0864. The Morgan fingerprint density at radius 2 is 2.50 bits per heavy atom. The second-order valence-electron chi connectivity index (χ2n) is 3.69. The zero-order chi connectivity index (χ0) is 8.97. The lowest BCUT2D eigenvalue weighted by atomic mass is 9.97. The first-order valence-corrected chi connectivity index (χ1v) is 5.76. The van der Waals surface area contributed by atoms with Crippen LogP contribution in [0.4, 0.5) is 0 Å². The third kappa shape index (κ3) is 3.20. The van der Waals surface area contributed by atoms with Crippen molar-refractivity contribution in [2.24, 2.45) is 5.92 Å². The number of thioether (sulfide) groups is 1. The maximum atomic E-state index is 9.74. The van der Waals surface area contributed by atoms with E-state index >= 15 is 0 Å². The quantitative estimate of drug-likeness (QED) is 0.681. The number of aliphatic hydroxyl groups excluding tert-OH is 1. The molecule has 0 saturated carbocycles. The highest BCUT2D eigenvalue weighted by atomic mass is 32.2. The van der Waals surface area contributed by atoms with Crippen molar-refractivity contribution < 1.29 is 5.11 Å². The van der Waals surface area contributed by atoms with E-state index in [9.17, 15) is 5.11 Å². The van der Waals surface area contributed by atoms with Gasteiger partial charge in [-0.2, -0.15) is 11.8 Å². The Labute approximate surface area is 79.2 Å². The predicted octanol–water partition coefficient (Wildman–Crippen LogP) is 2.46. The van der Waals surface area contributed by atoms with Crippen LogP contribution in [0, 0.1) is 5.92 Å². The van der Waals surface area contributed by atoms with Crippen molar-refractivity contribution >= 4 is 11.8 Å². The SMILES string of the molecule is C=C(C)CCC(O)C1CCSC1. The standard InChI is InChI=1S/C10H18OS/c1-8(2)3-4-10(11)9-5-6-12-7-9/h9-11H,1,3-7H2,2H3. The Bertz CT molecular complexity index is 150. The molecule has 1 aliphatic rings. The van der Waals surface area contributed by atoms with E-state index < -0.39 is 0 Å². The summed E-state index contributed by atoms with van der Waals surface area (Å²) in [6.07, 6.45) is 2.99. The summed E-state index contributed by atoms with van der Waals surface area (Å²) in [6, 6.07) is 0. The van der Waals surface area contributed by atoms with Crippen molar-refractivity contribution in [3.05, 3.63) is 12.2 Å². The molecule has 0 amide bonds. The monoisotopic (exact) mass is 186 g/mol. The number of allylic oxidation sites excluding steroid dienone is 1. The molecule has 0 radical (unpaired) electrons. The largest absolute Gasteiger partial charge is 0.393 e. The lowest BCUT2D eigenvalue weighted by Gasteiger charge is -2.16. The van der Waals surface area contributed by atoms with Crippen LogP contribution in [-0.2, 0) is 0 Å². The Morgan fingerprint density at radius 3 is 3.00 bits per heavy atom. The molecule has 0 aromatic rings. The van der Waals surface area contributed by atoms with Crippen LogP contribution in [0.25, 0.3) is 0 Å². The van der Waals surface area contributed by atoms with Crippen molar-refractivity contribution in [1.29, 1.82) is 0 Å². The molecule has 1 nitrogen and oxygen atoms in total. The van der Waals surface area contributed by atoms with Gasteiger partial charge in [-0.05, 0) is 43.6 Å². The van der Waals surface area contributed by atoms with Crippen molar-refractivity contribution in [3.8, 4) is 0 Å². The van der Waals surface area contributed by atoms with E-state index in [0.29, 0.717) is 5.92 Å². The van der Waals surface area contributed by atoms with Crippen LogP contribution in [0.5, 0.6) is 0 Å². The molecule has 2 unspecified atom stereocenters. The normalized spacial score (nSPS) is 25.7. The van der Waals surface area contributed by atoms with Crippen LogP contribution in [-0.4, -0.2) is 22.7 Å². The third-order valence-corrected chi connectivity index (χ3v) is 3.56. The summed E-state index contributed by atoms with van der Waals surface area (Å²) < 4.78 is 0. The molecule has 2 atom stereocenters. The predicted molar refractivity (Wildman–Crippen MR) is 55.5 cm³/mol. The Kier molecular flexibility index (Phi) is 4.16. The number of aliphatic hydroxyl groups is 1. The molecule has 1 saturated heterocycles. The molecule has 1 rings (SSSR count). The summed E-state index contributed by atoms with van der Waals surface area (Å²) >= 11 is 1.96. The van der Waals surface area contributed by atoms with E-state index in [2.05, 4.69) is 6.58 Å². The van der Waals surface area contributed by atoms with Gasteiger partial charge in [0.05, 0.1) is 6.10 Å². The maximum absolute atomic E-state index is 9.74. The van der Waals surface area contributed by atoms with Crippen LogP contribution < -0.4 is 0 Å². The summed E-state index contributed by atoms with van der Waals surface area (Å²) in [6.45, 7) is 5.86. The van der Waals surface area contributed by atoms with Gasteiger partial charge in [0.2, 0.25) is 0 Å². The smallest absolute Gasteiger partial charge is 0.0579 e. The average molecular weight is 186 g/mol. The average Bonchev–Trinajstić information content (AvgIpc) is 2.51. The van der Waals surface area contributed by atoms with Gasteiger partial charge in [0, 0.05) is 0 Å². The van der Waals surface area contributed by atoms with Gasteiger partial charge >= 0.3 is 0 Å². The van der Waals surface area contributed by atoms with Crippen LogP contribution in [0.1, 0.15) is 26.2 Å². The van der Waals surface area contributed by atoms with Gasteiger partial charge in [-0.3, -0.25) is 0 Å². The highest BCUT2D eigenvalue weighted by Gasteiger charge is 2.22. The Balaban J connectivity index is 2.17. The van der Waals surface area contributed by atoms with Crippen molar-refractivity contribution in [1.82, 2.24) is 0 Å². The summed E-state index contributed by atoms with van der Waals surface area (Å²) in [5.41, 5.74) is 1.18. The van der Waals surface area contributed by atoms with Crippen LogP contribution >= 0.6 is 11.8 Å². The molecule has 0 spiro atoms. The number of hydrogen-bond donors (Lipinski definition) is 1. The Morgan fingerprint density at radius 1 is 1.75 bits per heavy atom. The van der Waals surface area contributed by atoms with Gasteiger partial charge in [-0.1, -0.05) is 5.57 Å². The maximum Gasteiger partial charge on any atom is 0.0579 e. The molecule has 2 heteroatoms. The molecular formula is C10H18OS. The van der Waals surface area contributed by atoms with Crippen molar-refractivity contribution in [2.45, 2.75) is 32.3 Å². The van der Waals surface area contributed by atoms with Gasteiger partial charge in [0.15, 0.2) is 0 Å². The van der Waals surface area contributed by atoms with Gasteiger partial charge in [-0.15, -0.1) is 6.58 Å². The van der Waals surface area contributed by atoms with Gasteiger partial charge in [0.1, 0.15) is 0 Å². The molecule has 1 aliphatic heterocycles. The fourth-order valence-corrected chi connectivity index (χ4v) is 2.81. The second kappa shape index (κ2) is 4.93. The molecule has 1 heterocycles. The van der Waals surface area contributed by atoms with E-state index in [4.69, 9.17) is 0 Å². The lowest BCUT2D eigenvalue weighted by Crippen LogP contribution is -2.19. The van der Waals surface area contributed by atoms with E-state index in [0.717, 1.165) is 18.6 Å². The summed E-state index contributed by atoms with van der Waals surface area (Å²) in [5, 5.41) is 9.74. The summed E-state index contributed by atoms with van der Waals surface area (Å²) in [4.78, 5) is 0. The minimum Gasteiger partial charge on any atom is -0.393 e. The van der Waals surface area contributed by atoms with Crippen LogP contribution in [0.2, 0.25) is 0 Å². The zero-order valence-corrected chi connectivity index (χ0v) is 8.57. The molecule has 0 aliphatic carbocycles. The van der Waals surface area contributed by atoms with E-state index in [1.54, 1.807) is 0 Å². The number of hydrogen-bond acceptors (Lipinski definition) is 2. The highest BCUT2D eigenvalue weighted by Crippen LogP contribution is 2.28. The molecule has 0 aromatic carbocycles. The van der Waals surface area contributed by atoms with E-state index in [1.807, 2.05) is 18.7 Å². The summed E-state index contributed by atoms with van der Waals surface area (Å²) in [5.74, 6) is 2.93. The van der Waals surface area contributed by atoms with Gasteiger partial charge in [-0.25, -0.2) is 0 Å². The lowest BCUT2D eigenvalue weighted by molar-refractivity contribution is 0.111. The fraction of sp³-hybridized carbons (Fsp3) is 0.800. The van der Waals surface area contributed by atoms with Gasteiger partial charge < -0.3 is 5.11 Å². The topological polar surface area (TPSA) is 20.2 Å². The fourth-order valence-electron chi connectivity index (χ4n) is 1.49. The third-order valence-electron chi connectivity index (χ3n) is 2.38. The van der Waals surface area contributed by atoms with Crippen molar-refractivity contribution in [3.63, 3.8) is 0 Å². The first kappa shape index (κ1) is 10.1. The minimum absolute atomic E-state index is 0.0864. The Hall–Kier alpha value is 0.0500. The molecule has 1 fully saturated rings. The first-order valence-electron chi connectivity index (χ1n) is 4.60. The zero-order valence-electron chi connectivity index (χ0n) is 7.75. The van der Waals surface area contributed by atoms with Crippen molar-refractivity contribution in [2.75, 3.05) is 11.5 Å². The molecule has 0 aromatic heterocycles. The number of rotatable bonds is 4. The highest BCUT2D eigenvalue weighted by molar-refractivity contribution is 7.99. The molecular weight excluding hydrogens is 168 g/mol. The summed E-state index contributed by atoms with van der Waals surface area (Å²) in [7, 11) is 0. The van der Waals surface area contributed by atoms with Gasteiger partial charge in [0.25, 0.3) is 0 Å². The van der Waals surface area contributed by atoms with E-state index in [-0.39, 0.29) is 6.10 Å². The second-order valence-corrected chi connectivity index (χ2v) is 4.84. The van der Waals surface area contributed by atoms with Crippen LogP contribution in [0.15, 0.2) is 12.2 Å².